The first-order chi connectivity index (χ1) is 15.9. The topological polar surface area (TPSA) is 58.6 Å². The fourth-order valence-electron chi connectivity index (χ4n) is 4.88. The Kier molecular flexibility index (Phi) is 8.34. The van der Waals surface area contributed by atoms with E-state index in [1.54, 1.807) is 12.1 Å². The van der Waals surface area contributed by atoms with Crippen LogP contribution in [0.3, 0.4) is 0 Å². The van der Waals surface area contributed by atoms with Gasteiger partial charge in [-0.05, 0) is 85.2 Å². The van der Waals surface area contributed by atoms with Crippen LogP contribution in [0.5, 0.6) is 5.75 Å². The molecule has 3 atom stereocenters. The molecule has 0 saturated carbocycles. The molecular weight excluding hydrogens is 453 g/mol. The van der Waals surface area contributed by atoms with Crippen molar-refractivity contribution < 1.29 is 19.0 Å². The van der Waals surface area contributed by atoms with Gasteiger partial charge in [-0.2, -0.15) is 0 Å². The molecule has 1 aliphatic rings. The second-order valence-corrected chi connectivity index (χ2v) is 8.96. The minimum absolute atomic E-state index is 0. The number of carboxylic acids is 1. The highest BCUT2D eigenvalue weighted by atomic mass is 35.5. The van der Waals surface area contributed by atoms with Crippen molar-refractivity contribution in [1.82, 2.24) is 5.32 Å². The van der Waals surface area contributed by atoms with E-state index in [-0.39, 0.29) is 35.9 Å². The normalized spacial score (nSPS) is 17.9. The van der Waals surface area contributed by atoms with Gasteiger partial charge >= 0.3 is 5.97 Å². The predicted octanol–water partition coefficient (Wildman–Crippen LogP) is 6.31. The molecule has 34 heavy (non-hydrogen) atoms. The van der Waals surface area contributed by atoms with Crippen LogP contribution in [-0.4, -0.2) is 24.7 Å². The lowest BCUT2D eigenvalue weighted by Crippen LogP contribution is -2.31. The minimum atomic E-state index is -0.889. The Morgan fingerprint density at radius 3 is 2.68 bits per heavy atom. The summed E-state index contributed by atoms with van der Waals surface area (Å²) in [5.41, 5.74) is 5.76. The van der Waals surface area contributed by atoms with Crippen LogP contribution in [0.4, 0.5) is 4.39 Å². The van der Waals surface area contributed by atoms with E-state index in [4.69, 9.17) is 4.74 Å². The highest BCUT2D eigenvalue weighted by Gasteiger charge is 2.29. The number of hydrogen-bond acceptors (Lipinski definition) is 3. The van der Waals surface area contributed by atoms with Gasteiger partial charge < -0.3 is 15.2 Å². The number of rotatable bonds is 7. The molecule has 1 aliphatic carbocycles. The van der Waals surface area contributed by atoms with E-state index in [1.807, 2.05) is 19.1 Å². The van der Waals surface area contributed by atoms with Crippen LogP contribution in [0.25, 0.3) is 0 Å². The van der Waals surface area contributed by atoms with Crippen molar-refractivity contribution in [2.24, 2.45) is 5.92 Å². The number of methoxy groups -OCH3 is 1. The second kappa shape index (κ2) is 11.0. The van der Waals surface area contributed by atoms with Gasteiger partial charge in [0.15, 0.2) is 11.6 Å². The molecule has 4 nitrogen and oxygen atoms in total. The number of benzene rings is 3. The van der Waals surface area contributed by atoms with E-state index in [0.717, 1.165) is 36.1 Å². The van der Waals surface area contributed by atoms with Crippen LogP contribution < -0.4 is 10.1 Å². The van der Waals surface area contributed by atoms with Gasteiger partial charge in [0.05, 0.1) is 12.7 Å². The van der Waals surface area contributed by atoms with E-state index < -0.39 is 5.97 Å². The Hall–Kier alpha value is -2.89. The summed E-state index contributed by atoms with van der Waals surface area (Å²) in [6.45, 7) is 4.71. The number of aryl methyl sites for hydroxylation is 1. The van der Waals surface area contributed by atoms with Gasteiger partial charge in [0.1, 0.15) is 0 Å². The molecule has 6 heteroatoms. The monoisotopic (exact) mass is 483 g/mol. The van der Waals surface area contributed by atoms with Crippen molar-refractivity contribution in [1.29, 1.82) is 0 Å². The molecule has 180 valence electrons. The zero-order chi connectivity index (χ0) is 23.5. The second-order valence-electron chi connectivity index (χ2n) is 8.96. The lowest BCUT2D eigenvalue weighted by Gasteiger charge is -2.33. The Morgan fingerprint density at radius 2 is 1.94 bits per heavy atom. The van der Waals surface area contributed by atoms with E-state index in [2.05, 4.69) is 42.6 Å². The summed E-state index contributed by atoms with van der Waals surface area (Å²) >= 11 is 0. The lowest BCUT2D eigenvalue weighted by molar-refractivity contribution is 0.0696. The molecule has 0 spiro atoms. The van der Waals surface area contributed by atoms with E-state index in [0.29, 0.717) is 11.5 Å². The molecule has 0 radical (unpaired) electrons. The van der Waals surface area contributed by atoms with Crippen LogP contribution in [0.15, 0.2) is 60.7 Å². The van der Waals surface area contributed by atoms with Crippen molar-refractivity contribution in [2.75, 3.05) is 13.7 Å². The number of carboxylic acid groups (broad SMARTS) is 1. The van der Waals surface area contributed by atoms with Crippen molar-refractivity contribution in [3.05, 3.63) is 99.9 Å². The Bertz CT molecular complexity index is 1170. The first-order valence-corrected chi connectivity index (χ1v) is 11.4. The smallest absolute Gasteiger partial charge is 0.335 e. The van der Waals surface area contributed by atoms with Gasteiger partial charge in [0, 0.05) is 12.0 Å². The molecule has 2 N–H and O–H groups in total. The van der Waals surface area contributed by atoms with Crippen molar-refractivity contribution in [2.45, 2.75) is 38.6 Å². The SMILES string of the molecule is COc1cc([C@@H](C)NC[C@@H]2Cc3ccccc3C(c3ccc(C)c(C(=O)O)c3)C2)ccc1F.Cl. The van der Waals surface area contributed by atoms with Crippen molar-refractivity contribution >= 4 is 18.4 Å². The molecule has 3 aromatic rings. The average Bonchev–Trinajstić information content (AvgIpc) is 2.82. The molecule has 0 saturated heterocycles. The summed E-state index contributed by atoms with van der Waals surface area (Å²) < 4.78 is 18.9. The van der Waals surface area contributed by atoms with E-state index in [9.17, 15) is 14.3 Å². The molecule has 0 aromatic heterocycles. The molecule has 0 amide bonds. The van der Waals surface area contributed by atoms with Gasteiger partial charge in [0.25, 0.3) is 0 Å². The van der Waals surface area contributed by atoms with Crippen LogP contribution in [-0.2, 0) is 6.42 Å². The maximum absolute atomic E-state index is 13.8. The highest BCUT2D eigenvalue weighted by molar-refractivity contribution is 5.89. The van der Waals surface area contributed by atoms with Crippen molar-refractivity contribution in [3.63, 3.8) is 0 Å². The number of hydrogen-bond donors (Lipinski definition) is 2. The van der Waals surface area contributed by atoms with Crippen LogP contribution >= 0.6 is 12.4 Å². The first-order valence-electron chi connectivity index (χ1n) is 11.4. The summed E-state index contributed by atoms with van der Waals surface area (Å²) in [6, 6.07) is 19.3. The van der Waals surface area contributed by atoms with Crippen LogP contribution in [0.1, 0.15) is 63.5 Å². The summed E-state index contributed by atoms with van der Waals surface area (Å²) in [7, 11) is 1.47. The molecule has 0 aliphatic heterocycles. The summed E-state index contributed by atoms with van der Waals surface area (Å²) in [6.07, 6.45) is 1.91. The zero-order valence-electron chi connectivity index (χ0n) is 19.7. The third kappa shape index (κ3) is 5.43. The molecule has 0 bridgehead atoms. The summed E-state index contributed by atoms with van der Waals surface area (Å²) in [5, 5.41) is 13.2. The average molecular weight is 484 g/mol. The summed E-state index contributed by atoms with van der Waals surface area (Å²) in [5.74, 6) is -0.452. The number of carbonyl (C=O) groups is 1. The molecule has 1 unspecified atom stereocenters. The Morgan fingerprint density at radius 1 is 1.18 bits per heavy atom. The fourth-order valence-corrected chi connectivity index (χ4v) is 4.88. The van der Waals surface area contributed by atoms with Gasteiger partial charge in [-0.1, -0.05) is 42.5 Å². The van der Waals surface area contributed by atoms with Gasteiger partial charge in [-0.15, -0.1) is 12.4 Å². The van der Waals surface area contributed by atoms with Gasteiger partial charge in [0.2, 0.25) is 0 Å². The van der Waals surface area contributed by atoms with Crippen LogP contribution in [0, 0.1) is 18.7 Å². The maximum Gasteiger partial charge on any atom is 0.335 e. The first kappa shape index (κ1) is 25.7. The molecule has 4 rings (SSSR count). The third-order valence-corrected chi connectivity index (χ3v) is 6.79. The zero-order valence-corrected chi connectivity index (χ0v) is 20.5. The number of halogens is 2. The maximum atomic E-state index is 13.8. The Balaban J connectivity index is 0.00000324. The van der Waals surface area contributed by atoms with Gasteiger partial charge in [-0.3, -0.25) is 0 Å². The molecule has 0 heterocycles. The largest absolute Gasteiger partial charge is 0.494 e. The van der Waals surface area contributed by atoms with Crippen molar-refractivity contribution in [3.8, 4) is 5.75 Å². The van der Waals surface area contributed by atoms with Crippen LogP contribution in [0.2, 0.25) is 0 Å². The van der Waals surface area contributed by atoms with E-state index >= 15 is 0 Å². The fraction of sp³-hybridized carbons (Fsp3) is 0.321. The minimum Gasteiger partial charge on any atom is -0.494 e. The summed E-state index contributed by atoms with van der Waals surface area (Å²) in [4.78, 5) is 11.7. The third-order valence-electron chi connectivity index (χ3n) is 6.79. The number of ether oxygens (including phenoxy) is 1. The molecule has 0 fully saturated rings. The van der Waals surface area contributed by atoms with E-state index in [1.165, 1.54) is 24.3 Å². The number of nitrogens with one attached hydrogen (secondary N) is 1. The van der Waals surface area contributed by atoms with Gasteiger partial charge in [-0.25, -0.2) is 9.18 Å². The predicted molar refractivity (Wildman–Crippen MR) is 135 cm³/mol. The number of fused-ring (bicyclic) bond motifs is 1. The molecular formula is C28H31ClFNO3. The highest BCUT2D eigenvalue weighted by Crippen LogP contribution is 2.40. The quantitative estimate of drug-likeness (QED) is 0.413. The standard InChI is InChI=1S/C28H30FNO3.ClH/c1-17-8-9-22(14-24(17)28(31)32)25-13-19(12-21-6-4-5-7-23(21)25)16-30-18(2)20-10-11-26(29)27(15-20)33-3;/h4-11,14-15,18-19,25,30H,12-13,16H2,1-3H3,(H,31,32);1H/t18-,19-,25?;/m1./s1. The molecule has 3 aromatic carbocycles. The number of aromatic carboxylic acids is 1. The Labute approximate surface area is 206 Å². The lowest BCUT2D eigenvalue weighted by atomic mass is 9.73.